The van der Waals surface area contributed by atoms with E-state index in [1.165, 1.54) is 5.56 Å². The predicted octanol–water partition coefficient (Wildman–Crippen LogP) is 3.87. The number of hydrogen-bond acceptors (Lipinski definition) is 4. The zero-order valence-corrected chi connectivity index (χ0v) is 17.9. The first-order valence-corrected chi connectivity index (χ1v) is 10.4. The minimum atomic E-state index is -0.146. The second-order valence-electron chi connectivity index (χ2n) is 7.23. The molecule has 6 heteroatoms. The maximum Gasteiger partial charge on any atom is 0.255 e. The molecule has 0 aliphatic carbocycles. The summed E-state index contributed by atoms with van der Waals surface area (Å²) in [4.78, 5) is 15.1. The summed E-state index contributed by atoms with van der Waals surface area (Å²) in [5.41, 5.74) is 1.83. The smallest absolute Gasteiger partial charge is 0.255 e. The van der Waals surface area contributed by atoms with E-state index in [4.69, 9.17) is 9.47 Å². The molecule has 3 rings (SSSR count). The molecule has 0 aromatic heterocycles. The maximum absolute atomic E-state index is 12.7. The monoisotopic (exact) mass is 446 g/mol. The number of amides is 1. The standard InChI is InChI=1S/C22H27BrN2O3/c1-16(2)28-21-12-18(23)8-9-20(21)22(26)24-13-19-15-25(10-11-27-19)14-17-6-4-3-5-7-17/h3-9,12,16,19H,10-11,13-15H2,1-2H3,(H,24,26). The van der Waals surface area contributed by atoms with Gasteiger partial charge in [-0.25, -0.2) is 0 Å². The number of halogens is 1. The van der Waals surface area contributed by atoms with Crippen LogP contribution in [0, 0.1) is 0 Å². The van der Waals surface area contributed by atoms with Gasteiger partial charge in [0.15, 0.2) is 0 Å². The lowest BCUT2D eigenvalue weighted by atomic mass is 10.1. The highest BCUT2D eigenvalue weighted by Gasteiger charge is 2.22. The number of carbonyl (C=O) groups excluding carboxylic acids is 1. The highest BCUT2D eigenvalue weighted by atomic mass is 79.9. The van der Waals surface area contributed by atoms with Gasteiger partial charge in [-0.15, -0.1) is 0 Å². The first kappa shape index (κ1) is 20.8. The van der Waals surface area contributed by atoms with Crippen molar-refractivity contribution in [2.24, 2.45) is 0 Å². The molecular formula is C22H27BrN2O3. The third kappa shape index (κ3) is 6.06. The quantitative estimate of drug-likeness (QED) is 0.701. The number of hydrogen-bond donors (Lipinski definition) is 1. The van der Waals surface area contributed by atoms with Gasteiger partial charge in [0.05, 0.1) is 24.4 Å². The average Bonchev–Trinajstić information content (AvgIpc) is 2.67. The molecule has 2 aromatic carbocycles. The number of carbonyl (C=O) groups is 1. The second kappa shape index (κ2) is 10.0. The highest BCUT2D eigenvalue weighted by Crippen LogP contribution is 2.25. The molecular weight excluding hydrogens is 420 g/mol. The first-order valence-electron chi connectivity index (χ1n) is 9.63. The predicted molar refractivity (Wildman–Crippen MR) is 114 cm³/mol. The van der Waals surface area contributed by atoms with E-state index in [2.05, 4.69) is 50.4 Å². The lowest BCUT2D eigenvalue weighted by Gasteiger charge is -2.33. The normalized spacial score (nSPS) is 17.5. The van der Waals surface area contributed by atoms with Crippen LogP contribution in [-0.2, 0) is 11.3 Å². The molecule has 0 spiro atoms. The van der Waals surface area contributed by atoms with Crippen LogP contribution in [0.2, 0.25) is 0 Å². The van der Waals surface area contributed by atoms with Crippen molar-refractivity contribution in [2.75, 3.05) is 26.2 Å². The lowest BCUT2D eigenvalue weighted by Crippen LogP contribution is -2.47. The van der Waals surface area contributed by atoms with Crippen molar-refractivity contribution in [2.45, 2.75) is 32.6 Å². The second-order valence-corrected chi connectivity index (χ2v) is 8.15. The number of rotatable bonds is 7. The Morgan fingerprint density at radius 1 is 1.29 bits per heavy atom. The van der Waals surface area contributed by atoms with Crippen LogP contribution in [-0.4, -0.2) is 49.3 Å². The number of nitrogens with one attached hydrogen (secondary N) is 1. The Morgan fingerprint density at radius 3 is 2.82 bits per heavy atom. The Bertz CT molecular complexity index is 783. The van der Waals surface area contributed by atoms with E-state index >= 15 is 0 Å². The summed E-state index contributed by atoms with van der Waals surface area (Å²) in [5, 5.41) is 3.00. The van der Waals surface area contributed by atoms with E-state index in [1.807, 2.05) is 32.0 Å². The highest BCUT2D eigenvalue weighted by molar-refractivity contribution is 9.10. The van der Waals surface area contributed by atoms with Gasteiger partial charge >= 0.3 is 0 Å². The first-order chi connectivity index (χ1) is 13.5. The van der Waals surface area contributed by atoms with Gasteiger partial charge in [-0.3, -0.25) is 9.69 Å². The molecule has 150 valence electrons. The van der Waals surface area contributed by atoms with E-state index in [9.17, 15) is 4.79 Å². The van der Waals surface area contributed by atoms with Crippen LogP contribution in [0.1, 0.15) is 29.8 Å². The lowest BCUT2D eigenvalue weighted by molar-refractivity contribution is -0.0292. The van der Waals surface area contributed by atoms with Crippen molar-refractivity contribution in [3.8, 4) is 5.75 Å². The molecule has 0 bridgehead atoms. The number of morpholine rings is 1. The summed E-state index contributed by atoms with van der Waals surface area (Å²) >= 11 is 3.43. The molecule has 1 N–H and O–H groups in total. The van der Waals surface area contributed by atoms with Gasteiger partial charge in [-0.1, -0.05) is 46.3 Å². The molecule has 1 amide bonds. The summed E-state index contributed by atoms with van der Waals surface area (Å²) in [6.45, 7) is 7.63. The van der Waals surface area contributed by atoms with Gasteiger partial charge in [0.1, 0.15) is 5.75 Å². The molecule has 1 heterocycles. The topological polar surface area (TPSA) is 50.8 Å². The van der Waals surface area contributed by atoms with Crippen molar-refractivity contribution < 1.29 is 14.3 Å². The van der Waals surface area contributed by atoms with E-state index in [0.717, 1.165) is 24.1 Å². The fourth-order valence-electron chi connectivity index (χ4n) is 3.23. The third-order valence-electron chi connectivity index (χ3n) is 4.51. The van der Waals surface area contributed by atoms with E-state index in [0.29, 0.717) is 24.5 Å². The molecule has 2 aromatic rings. The van der Waals surface area contributed by atoms with Gasteiger partial charge in [0.2, 0.25) is 0 Å². The van der Waals surface area contributed by atoms with Crippen LogP contribution in [0.15, 0.2) is 53.0 Å². The fraction of sp³-hybridized carbons (Fsp3) is 0.409. The van der Waals surface area contributed by atoms with Crippen molar-refractivity contribution in [3.05, 3.63) is 64.1 Å². The van der Waals surface area contributed by atoms with Crippen molar-refractivity contribution >= 4 is 21.8 Å². The van der Waals surface area contributed by atoms with Crippen LogP contribution in [0.5, 0.6) is 5.75 Å². The van der Waals surface area contributed by atoms with Crippen molar-refractivity contribution in [3.63, 3.8) is 0 Å². The fourth-order valence-corrected chi connectivity index (χ4v) is 3.57. The zero-order valence-electron chi connectivity index (χ0n) is 16.4. The van der Waals surface area contributed by atoms with Gasteiger partial charge < -0.3 is 14.8 Å². The number of ether oxygens (including phenoxy) is 2. The van der Waals surface area contributed by atoms with Gasteiger partial charge in [-0.05, 0) is 37.6 Å². The molecule has 1 saturated heterocycles. The van der Waals surface area contributed by atoms with E-state index in [-0.39, 0.29) is 18.1 Å². The summed E-state index contributed by atoms with van der Waals surface area (Å²) in [6.07, 6.45) is -0.0274. The van der Waals surface area contributed by atoms with Crippen LogP contribution < -0.4 is 10.1 Å². The van der Waals surface area contributed by atoms with E-state index in [1.54, 1.807) is 6.07 Å². The Balaban J connectivity index is 1.55. The van der Waals surface area contributed by atoms with Crippen LogP contribution >= 0.6 is 15.9 Å². The largest absolute Gasteiger partial charge is 0.490 e. The number of nitrogens with zero attached hydrogens (tertiary/aromatic N) is 1. The summed E-state index contributed by atoms with van der Waals surface area (Å²) in [7, 11) is 0. The zero-order chi connectivity index (χ0) is 19.9. The number of benzene rings is 2. The average molecular weight is 447 g/mol. The molecule has 1 aliphatic rings. The van der Waals surface area contributed by atoms with Crippen molar-refractivity contribution in [1.29, 1.82) is 0 Å². The van der Waals surface area contributed by atoms with Crippen LogP contribution in [0.3, 0.4) is 0 Å². The van der Waals surface area contributed by atoms with Crippen LogP contribution in [0.25, 0.3) is 0 Å². The summed E-state index contributed by atoms with van der Waals surface area (Å²) < 4.78 is 12.5. The molecule has 28 heavy (non-hydrogen) atoms. The Hall–Kier alpha value is -1.89. The minimum Gasteiger partial charge on any atom is -0.490 e. The summed E-state index contributed by atoms with van der Waals surface area (Å²) in [5.74, 6) is 0.434. The SMILES string of the molecule is CC(C)Oc1cc(Br)ccc1C(=O)NCC1CN(Cc2ccccc2)CCO1. The van der Waals surface area contributed by atoms with Crippen molar-refractivity contribution in [1.82, 2.24) is 10.2 Å². The maximum atomic E-state index is 12.7. The van der Waals surface area contributed by atoms with Gasteiger partial charge in [-0.2, -0.15) is 0 Å². The molecule has 1 atom stereocenters. The molecule has 1 aliphatic heterocycles. The Morgan fingerprint density at radius 2 is 2.07 bits per heavy atom. The third-order valence-corrected chi connectivity index (χ3v) is 5.01. The van der Waals surface area contributed by atoms with Gasteiger partial charge in [0.25, 0.3) is 5.91 Å². The minimum absolute atomic E-state index is 0.00549. The Labute approximate surface area is 175 Å². The molecule has 5 nitrogen and oxygen atoms in total. The summed E-state index contributed by atoms with van der Waals surface area (Å²) in [6, 6.07) is 15.9. The molecule has 0 saturated carbocycles. The van der Waals surface area contributed by atoms with E-state index < -0.39 is 0 Å². The van der Waals surface area contributed by atoms with Gasteiger partial charge in [0, 0.05) is 30.7 Å². The molecule has 0 radical (unpaired) electrons. The molecule has 1 unspecified atom stereocenters. The molecule has 1 fully saturated rings. The van der Waals surface area contributed by atoms with Crippen LogP contribution in [0.4, 0.5) is 0 Å². The Kier molecular flexibility index (Phi) is 7.48.